The normalized spacial score (nSPS) is 16.5. The molecule has 0 radical (unpaired) electrons. The molecule has 2 aromatic carbocycles. The Labute approximate surface area is 143 Å². The number of non-ortho nitro benzene ring substituents is 1. The molecule has 2 N–H and O–H groups in total. The SMILES string of the molecule is N[C@@H]1CCN(C(=O)Oc2ccc(Oc3ccc([N+](=O)[O-])cc3)cc2)C1. The zero-order valence-corrected chi connectivity index (χ0v) is 13.3. The van der Waals surface area contributed by atoms with Gasteiger partial charge in [0.15, 0.2) is 0 Å². The minimum Gasteiger partial charge on any atom is -0.457 e. The van der Waals surface area contributed by atoms with Gasteiger partial charge in [0, 0.05) is 31.3 Å². The molecule has 2 aromatic rings. The minimum absolute atomic E-state index is 0.00348. The van der Waals surface area contributed by atoms with Gasteiger partial charge in [-0.25, -0.2) is 4.79 Å². The molecule has 130 valence electrons. The first-order valence-electron chi connectivity index (χ1n) is 7.76. The average molecular weight is 343 g/mol. The Morgan fingerprint density at radius 2 is 1.64 bits per heavy atom. The summed E-state index contributed by atoms with van der Waals surface area (Å²) in [5.41, 5.74) is 5.77. The average Bonchev–Trinajstić information content (AvgIpc) is 3.04. The fourth-order valence-corrected chi connectivity index (χ4v) is 2.47. The van der Waals surface area contributed by atoms with Crippen LogP contribution in [0, 0.1) is 10.1 Å². The third-order valence-electron chi connectivity index (χ3n) is 3.80. The summed E-state index contributed by atoms with van der Waals surface area (Å²) in [7, 11) is 0. The van der Waals surface area contributed by atoms with Gasteiger partial charge in [0.05, 0.1) is 4.92 Å². The molecular formula is C17H17N3O5. The number of benzene rings is 2. The van der Waals surface area contributed by atoms with Gasteiger partial charge < -0.3 is 20.1 Å². The van der Waals surface area contributed by atoms with Gasteiger partial charge in [-0.15, -0.1) is 0 Å². The Bertz CT molecular complexity index is 761. The summed E-state index contributed by atoms with van der Waals surface area (Å²) in [6.45, 7) is 1.10. The van der Waals surface area contributed by atoms with Crippen LogP contribution in [0.4, 0.5) is 10.5 Å². The van der Waals surface area contributed by atoms with E-state index in [1.54, 1.807) is 29.2 Å². The van der Waals surface area contributed by atoms with E-state index < -0.39 is 11.0 Å². The van der Waals surface area contributed by atoms with Gasteiger partial charge in [-0.3, -0.25) is 10.1 Å². The lowest BCUT2D eigenvalue weighted by atomic mass is 10.3. The number of nitro benzene ring substituents is 1. The van der Waals surface area contributed by atoms with E-state index in [4.69, 9.17) is 15.2 Å². The van der Waals surface area contributed by atoms with E-state index in [9.17, 15) is 14.9 Å². The molecule has 1 saturated heterocycles. The topological polar surface area (TPSA) is 108 Å². The molecule has 1 aliphatic rings. The highest BCUT2D eigenvalue weighted by molar-refractivity contribution is 5.71. The van der Waals surface area contributed by atoms with Crippen LogP contribution < -0.4 is 15.2 Å². The van der Waals surface area contributed by atoms with E-state index in [2.05, 4.69) is 0 Å². The van der Waals surface area contributed by atoms with Crippen molar-refractivity contribution < 1.29 is 19.2 Å². The Morgan fingerprint density at radius 3 is 2.16 bits per heavy atom. The van der Waals surface area contributed by atoms with Crippen LogP contribution in [-0.2, 0) is 0 Å². The highest BCUT2D eigenvalue weighted by Gasteiger charge is 2.25. The molecule has 1 amide bonds. The Morgan fingerprint density at radius 1 is 1.08 bits per heavy atom. The van der Waals surface area contributed by atoms with Crippen LogP contribution in [0.2, 0.25) is 0 Å². The van der Waals surface area contributed by atoms with Gasteiger partial charge >= 0.3 is 6.09 Å². The van der Waals surface area contributed by atoms with Crippen LogP contribution in [0.15, 0.2) is 48.5 Å². The van der Waals surface area contributed by atoms with Gasteiger partial charge in [0.1, 0.15) is 17.2 Å². The van der Waals surface area contributed by atoms with Gasteiger partial charge in [-0.2, -0.15) is 0 Å². The highest BCUT2D eigenvalue weighted by atomic mass is 16.6. The number of carbonyl (C=O) groups is 1. The molecule has 1 heterocycles. The fraction of sp³-hybridized carbons (Fsp3) is 0.235. The number of amides is 1. The monoisotopic (exact) mass is 343 g/mol. The third-order valence-corrected chi connectivity index (χ3v) is 3.80. The van der Waals surface area contributed by atoms with E-state index in [1.165, 1.54) is 24.3 Å². The zero-order chi connectivity index (χ0) is 17.8. The van der Waals surface area contributed by atoms with Crippen LogP contribution in [0.5, 0.6) is 17.2 Å². The first-order valence-corrected chi connectivity index (χ1v) is 7.76. The standard InChI is InChI=1S/C17H17N3O5/c18-12-9-10-19(11-12)17(21)25-16-7-5-15(6-8-16)24-14-3-1-13(2-4-14)20(22)23/h1-8,12H,9-11,18H2/t12-/m1/s1. The van der Waals surface area contributed by atoms with E-state index in [0.29, 0.717) is 30.3 Å². The predicted molar refractivity (Wildman–Crippen MR) is 89.8 cm³/mol. The number of carbonyl (C=O) groups excluding carboxylic acids is 1. The number of hydrogen-bond donors (Lipinski definition) is 1. The summed E-state index contributed by atoms with van der Waals surface area (Å²) in [4.78, 5) is 23.7. The lowest BCUT2D eigenvalue weighted by Gasteiger charge is -2.15. The lowest BCUT2D eigenvalue weighted by Crippen LogP contribution is -2.33. The molecule has 0 spiro atoms. The smallest absolute Gasteiger partial charge is 0.415 e. The first kappa shape index (κ1) is 16.7. The van der Waals surface area contributed by atoms with Gasteiger partial charge in [-0.1, -0.05) is 0 Å². The summed E-state index contributed by atoms with van der Waals surface area (Å²) in [5.74, 6) is 1.40. The van der Waals surface area contributed by atoms with Crippen molar-refractivity contribution in [1.29, 1.82) is 0 Å². The maximum Gasteiger partial charge on any atom is 0.415 e. The number of likely N-dealkylation sites (tertiary alicyclic amines) is 1. The molecule has 8 nitrogen and oxygen atoms in total. The fourth-order valence-electron chi connectivity index (χ4n) is 2.47. The quantitative estimate of drug-likeness (QED) is 0.675. The highest BCUT2D eigenvalue weighted by Crippen LogP contribution is 2.26. The van der Waals surface area contributed by atoms with Crippen molar-refractivity contribution in [2.45, 2.75) is 12.5 Å². The predicted octanol–water partition coefficient (Wildman–Crippen LogP) is 2.92. The second-order valence-corrected chi connectivity index (χ2v) is 5.69. The Balaban J connectivity index is 1.58. The van der Waals surface area contributed by atoms with E-state index in [1.807, 2.05) is 0 Å². The maximum absolute atomic E-state index is 12.0. The molecule has 8 heteroatoms. The number of nitrogens with zero attached hydrogens (tertiary/aromatic N) is 2. The van der Waals surface area contributed by atoms with Crippen molar-refractivity contribution >= 4 is 11.8 Å². The van der Waals surface area contributed by atoms with E-state index in [-0.39, 0.29) is 11.7 Å². The number of nitro groups is 1. The van der Waals surface area contributed by atoms with Crippen LogP contribution in [0.3, 0.4) is 0 Å². The largest absolute Gasteiger partial charge is 0.457 e. The molecule has 0 unspecified atom stereocenters. The number of ether oxygens (including phenoxy) is 2. The molecule has 1 atom stereocenters. The molecule has 1 fully saturated rings. The molecule has 0 saturated carbocycles. The van der Waals surface area contributed by atoms with E-state index in [0.717, 1.165) is 6.42 Å². The summed E-state index contributed by atoms with van der Waals surface area (Å²) in [5, 5.41) is 10.6. The Kier molecular flexibility index (Phi) is 4.80. The lowest BCUT2D eigenvalue weighted by molar-refractivity contribution is -0.384. The van der Waals surface area contributed by atoms with Crippen LogP contribution in [0.25, 0.3) is 0 Å². The number of nitrogens with two attached hydrogens (primary N) is 1. The molecule has 0 bridgehead atoms. The summed E-state index contributed by atoms with van der Waals surface area (Å²) in [6.07, 6.45) is 0.355. The van der Waals surface area contributed by atoms with Gasteiger partial charge in [-0.05, 0) is 42.8 Å². The molecule has 25 heavy (non-hydrogen) atoms. The van der Waals surface area contributed by atoms with Crippen LogP contribution in [0.1, 0.15) is 6.42 Å². The first-order chi connectivity index (χ1) is 12.0. The van der Waals surface area contributed by atoms with Crippen LogP contribution >= 0.6 is 0 Å². The molecular weight excluding hydrogens is 326 g/mol. The third kappa shape index (κ3) is 4.24. The van der Waals surface area contributed by atoms with Gasteiger partial charge in [0.2, 0.25) is 0 Å². The van der Waals surface area contributed by atoms with Crippen molar-refractivity contribution in [2.24, 2.45) is 5.73 Å². The van der Waals surface area contributed by atoms with Crippen molar-refractivity contribution in [3.05, 3.63) is 58.6 Å². The molecule has 0 aromatic heterocycles. The zero-order valence-electron chi connectivity index (χ0n) is 13.3. The summed E-state index contributed by atoms with van der Waals surface area (Å²) < 4.78 is 10.9. The van der Waals surface area contributed by atoms with Crippen LogP contribution in [-0.4, -0.2) is 35.0 Å². The number of rotatable bonds is 4. The van der Waals surface area contributed by atoms with Crippen molar-refractivity contribution in [1.82, 2.24) is 4.90 Å². The minimum atomic E-state index is -0.472. The molecule has 0 aliphatic carbocycles. The number of hydrogen-bond acceptors (Lipinski definition) is 6. The maximum atomic E-state index is 12.0. The Hall–Kier alpha value is -3.13. The second-order valence-electron chi connectivity index (χ2n) is 5.69. The summed E-state index contributed by atoms with van der Waals surface area (Å²) in [6, 6.07) is 12.3. The van der Waals surface area contributed by atoms with E-state index >= 15 is 0 Å². The summed E-state index contributed by atoms with van der Waals surface area (Å²) >= 11 is 0. The van der Waals surface area contributed by atoms with Crippen molar-refractivity contribution in [3.8, 4) is 17.2 Å². The van der Waals surface area contributed by atoms with Crippen molar-refractivity contribution in [2.75, 3.05) is 13.1 Å². The van der Waals surface area contributed by atoms with Gasteiger partial charge in [0.25, 0.3) is 5.69 Å². The second kappa shape index (κ2) is 7.18. The molecule has 3 rings (SSSR count). The molecule has 1 aliphatic heterocycles. The van der Waals surface area contributed by atoms with Crippen molar-refractivity contribution in [3.63, 3.8) is 0 Å².